The number of carboxylic acid groups (broad SMARTS) is 1. The second-order valence-corrected chi connectivity index (χ2v) is 6.39. The zero-order valence-corrected chi connectivity index (χ0v) is 12.6. The van der Waals surface area contributed by atoms with Gasteiger partial charge < -0.3 is 10.0 Å². The number of carboxylic acids is 1. The lowest BCUT2D eigenvalue weighted by Crippen LogP contribution is -2.50. The standard InChI is InChI=1S/C16H23N3O2/c1-19(15-12-6-5-7-13(12)17-11-18-15)16(10-14(20)21)8-3-2-4-9-16/h11H,2-10H2,1H3,(H,20,21). The van der Waals surface area contributed by atoms with Gasteiger partial charge in [-0.2, -0.15) is 0 Å². The monoisotopic (exact) mass is 289 g/mol. The molecule has 5 heteroatoms. The quantitative estimate of drug-likeness (QED) is 0.922. The Kier molecular flexibility index (Phi) is 3.83. The summed E-state index contributed by atoms with van der Waals surface area (Å²) in [6.07, 6.45) is 10.3. The molecular weight excluding hydrogens is 266 g/mol. The first kappa shape index (κ1) is 14.3. The summed E-state index contributed by atoms with van der Waals surface area (Å²) in [7, 11) is 2.02. The van der Waals surface area contributed by atoms with Crippen LogP contribution in [-0.4, -0.2) is 33.6 Å². The highest BCUT2D eigenvalue weighted by Gasteiger charge is 2.40. The van der Waals surface area contributed by atoms with Crippen molar-refractivity contribution in [2.45, 2.75) is 63.3 Å². The first-order valence-corrected chi connectivity index (χ1v) is 7.91. The second kappa shape index (κ2) is 5.62. The molecule has 0 saturated heterocycles. The molecule has 1 fully saturated rings. The molecule has 1 heterocycles. The molecule has 2 aliphatic carbocycles. The molecule has 0 aromatic carbocycles. The van der Waals surface area contributed by atoms with Crippen LogP contribution in [-0.2, 0) is 17.6 Å². The van der Waals surface area contributed by atoms with Crippen LogP contribution in [0, 0.1) is 0 Å². The van der Waals surface area contributed by atoms with Crippen LogP contribution in [0.15, 0.2) is 6.33 Å². The minimum Gasteiger partial charge on any atom is -0.481 e. The van der Waals surface area contributed by atoms with Gasteiger partial charge >= 0.3 is 5.97 Å². The van der Waals surface area contributed by atoms with E-state index in [1.807, 2.05) is 7.05 Å². The van der Waals surface area contributed by atoms with E-state index in [0.29, 0.717) is 0 Å². The van der Waals surface area contributed by atoms with E-state index in [2.05, 4.69) is 14.9 Å². The summed E-state index contributed by atoms with van der Waals surface area (Å²) >= 11 is 0. The Bertz CT molecular complexity index is 538. The minimum absolute atomic E-state index is 0.197. The Balaban J connectivity index is 1.96. The van der Waals surface area contributed by atoms with E-state index in [9.17, 15) is 9.90 Å². The molecule has 1 aromatic heterocycles. The molecule has 0 aliphatic heterocycles. The van der Waals surface area contributed by atoms with Gasteiger partial charge in [0.25, 0.3) is 0 Å². The van der Waals surface area contributed by atoms with Gasteiger partial charge in [-0.15, -0.1) is 0 Å². The number of nitrogens with zero attached hydrogens (tertiary/aromatic N) is 3. The molecule has 0 bridgehead atoms. The number of hydrogen-bond acceptors (Lipinski definition) is 4. The SMILES string of the molecule is CN(c1ncnc2c1CCC2)C1(CC(=O)O)CCCCC1. The lowest BCUT2D eigenvalue weighted by Gasteiger charge is -2.45. The van der Waals surface area contributed by atoms with E-state index in [4.69, 9.17) is 0 Å². The van der Waals surface area contributed by atoms with Crippen LogP contribution in [0.2, 0.25) is 0 Å². The summed E-state index contributed by atoms with van der Waals surface area (Å²) in [5.41, 5.74) is 2.10. The summed E-state index contributed by atoms with van der Waals surface area (Å²) in [5, 5.41) is 9.36. The molecule has 1 saturated carbocycles. The zero-order chi connectivity index (χ0) is 14.9. The van der Waals surface area contributed by atoms with Gasteiger partial charge in [-0.05, 0) is 32.1 Å². The smallest absolute Gasteiger partial charge is 0.305 e. The fraction of sp³-hybridized carbons (Fsp3) is 0.688. The van der Waals surface area contributed by atoms with Crippen LogP contribution in [0.5, 0.6) is 0 Å². The lowest BCUT2D eigenvalue weighted by atomic mass is 9.78. The molecule has 1 aromatic rings. The van der Waals surface area contributed by atoms with Crippen molar-refractivity contribution in [1.29, 1.82) is 0 Å². The lowest BCUT2D eigenvalue weighted by molar-refractivity contribution is -0.138. The largest absolute Gasteiger partial charge is 0.481 e. The minimum atomic E-state index is -0.713. The third-order valence-corrected chi connectivity index (χ3v) is 5.15. The maximum Gasteiger partial charge on any atom is 0.305 e. The van der Waals surface area contributed by atoms with Crippen molar-refractivity contribution >= 4 is 11.8 Å². The van der Waals surface area contributed by atoms with E-state index in [0.717, 1.165) is 56.5 Å². The average molecular weight is 289 g/mol. The molecule has 5 nitrogen and oxygen atoms in total. The maximum atomic E-state index is 11.4. The van der Waals surface area contributed by atoms with E-state index in [1.54, 1.807) is 6.33 Å². The van der Waals surface area contributed by atoms with Crippen LogP contribution in [0.1, 0.15) is 56.2 Å². The normalized spacial score (nSPS) is 20.0. The van der Waals surface area contributed by atoms with Crippen LogP contribution in [0.4, 0.5) is 5.82 Å². The van der Waals surface area contributed by atoms with Crippen molar-refractivity contribution in [3.8, 4) is 0 Å². The second-order valence-electron chi connectivity index (χ2n) is 6.39. The summed E-state index contributed by atoms with van der Waals surface area (Å²) in [6, 6.07) is 0. The Hall–Kier alpha value is -1.65. The molecule has 0 unspecified atom stereocenters. The van der Waals surface area contributed by atoms with Gasteiger partial charge in [0, 0.05) is 18.3 Å². The van der Waals surface area contributed by atoms with Crippen molar-refractivity contribution in [2.24, 2.45) is 0 Å². The summed E-state index contributed by atoms with van der Waals surface area (Å²) in [6.45, 7) is 0. The van der Waals surface area contributed by atoms with E-state index in [1.165, 1.54) is 12.0 Å². The van der Waals surface area contributed by atoms with Crippen molar-refractivity contribution in [3.05, 3.63) is 17.6 Å². The zero-order valence-electron chi connectivity index (χ0n) is 12.6. The summed E-state index contributed by atoms with van der Waals surface area (Å²) < 4.78 is 0. The van der Waals surface area contributed by atoms with E-state index < -0.39 is 5.97 Å². The Morgan fingerprint density at radius 2 is 2.00 bits per heavy atom. The van der Waals surface area contributed by atoms with E-state index >= 15 is 0 Å². The van der Waals surface area contributed by atoms with Gasteiger partial charge in [-0.3, -0.25) is 4.79 Å². The van der Waals surface area contributed by atoms with Gasteiger partial charge in [0.1, 0.15) is 12.1 Å². The van der Waals surface area contributed by atoms with Crippen molar-refractivity contribution in [1.82, 2.24) is 9.97 Å². The third-order valence-electron chi connectivity index (χ3n) is 5.15. The number of fused-ring (bicyclic) bond motifs is 1. The molecule has 0 amide bonds. The van der Waals surface area contributed by atoms with Crippen LogP contribution >= 0.6 is 0 Å². The first-order chi connectivity index (χ1) is 10.1. The highest BCUT2D eigenvalue weighted by Crippen LogP contribution is 2.40. The van der Waals surface area contributed by atoms with Crippen molar-refractivity contribution in [2.75, 3.05) is 11.9 Å². The maximum absolute atomic E-state index is 11.4. The number of hydrogen-bond donors (Lipinski definition) is 1. The number of rotatable bonds is 4. The van der Waals surface area contributed by atoms with Crippen molar-refractivity contribution < 1.29 is 9.90 Å². The van der Waals surface area contributed by atoms with Crippen LogP contribution in [0.3, 0.4) is 0 Å². The van der Waals surface area contributed by atoms with E-state index in [-0.39, 0.29) is 12.0 Å². The number of aliphatic carboxylic acids is 1. The molecule has 0 atom stereocenters. The number of anilines is 1. The molecule has 3 rings (SSSR count). The molecule has 1 N–H and O–H groups in total. The molecule has 0 radical (unpaired) electrons. The predicted octanol–water partition coefficient (Wildman–Crippen LogP) is 2.58. The molecular formula is C16H23N3O2. The Morgan fingerprint density at radius 1 is 1.24 bits per heavy atom. The number of aromatic nitrogens is 2. The predicted molar refractivity (Wildman–Crippen MR) is 80.5 cm³/mol. The summed E-state index contributed by atoms with van der Waals surface area (Å²) in [5.74, 6) is 0.245. The first-order valence-electron chi connectivity index (χ1n) is 7.91. The van der Waals surface area contributed by atoms with Gasteiger partial charge in [0.05, 0.1) is 12.0 Å². The third kappa shape index (κ3) is 2.61. The molecule has 0 spiro atoms. The highest BCUT2D eigenvalue weighted by molar-refractivity contribution is 5.70. The van der Waals surface area contributed by atoms with Crippen LogP contribution < -0.4 is 4.90 Å². The van der Waals surface area contributed by atoms with Gasteiger partial charge in [0.2, 0.25) is 0 Å². The summed E-state index contributed by atoms with van der Waals surface area (Å²) in [4.78, 5) is 22.4. The van der Waals surface area contributed by atoms with Crippen molar-refractivity contribution in [3.63, 3.8) is 0 Å². The fourth-order valence-corrected chi connectivity index (χ4v) is 3.98. The number of carbonyl (C=O) groups is 1. The van der Waals surface area contributed by atoms with Gasteiger partial charge in [0.15, 0.2) is 0 Å². The number of aryl methyl sites for hydroxylation is 1. The molecule has 21 heavy (non-hydrogen) atoms. The topological polar surface area (TPSA) is 66.3 Å². The average Bonchev–Trinajstić information content (AvgIpc) is 2.95. The molecule has 2 aliphatic rings. The molecule has 114 valence electrons. The van der Waals surface area contributed by atoms with Crippen LogP contribution in [0.25, 0.3) is 0 Å². The van der Waals surface area contributed by atoms with Gasteiger partial charge in [-0.25, -0.2) is 9.97 Å². The van der Waals surface area contributed by atoms with Gasteiger partial charge in [-0.1, -0.05) is 19.3 Å². The Labute approximate surface area is 125 Å². The fourth-order valence-electron chi connectivity index (χ4n) is 3.98. The Morgan fingerprint density at radius 3 is 2.71 bits per heavy atom. The highest BCUT2D eigenvalue weighted by atomic mass is 16.4.